The van der Waals surface area contributed by atoms with Crippen LogP contribution in [-0.2, 0) is 16.1 Å². The molecule has 6 heteroatoms. The number of anilines is 1. The topological polar surface area (TPSA) is 82.4 Å². The number of nitrogens with zero attached hydrogens (tertiary/aromatic N) is 2. The normalized spacial score (nSPS) is 14.6. The van der Waals surface area contributed by atoms with Crippen molar-refractivity contribution in [3.05, 3.63) is 59.7 Å². The van der Waals surface area contributed by atoms with E-state index in [1.807, 2.05) is 38.1 Å². The van der Waals surface area contributed by atoms with Crippen molar-refractivity contribution in [2.45, 2.75) is 39.3 Å². The van der Waals surface area contributed by atoms with Gasteiger partial charge in [0.05, 0.1) is 5.56 Å². The molecule has 0 radical (unpaired) electrons. The Labute approximate surface area is 171 Å². The van der Waals surface area contributed by atoms with Crippen LogP contribution >= 0.6 is 0 Å². The van der Waals surface area contributed by atoms with Crippen molar-refractivity contribution in [3.63, 3.8) is 0 Å². The van der Waals surface area contributed by atoms with Gasteiger partial charge in [-0.3, -0.25) is 9.59 Å². The Bertz CT molecular complexity index is 916. The summed E-state index contributed by atoms with van der Waals surface area (Å²) in [6, 6.07) is 16.6. The van der Waals surface area contributed by atoms with Crippen molar-refractivity contribution in [3.8, 4) is 11.8 Å². The molecular formula is C23H25N3O3. The van der Waals surface area contributed by atoms with E-state index < -0.39 is 6.10 Å². The number of benzene rings is 2. The van der Waals surface area contributed by atoms with Crippen molar-refractivity contribution in [2.75, 3.05) is 11.4 Å². The molecule has 1 atom stereocenters. The Morgan fingerprint density at radius 3 is 2.55 bits per heavy atom. The Kier molecular flexibility index (Phi) is 6.50. The number of rotatable bonds is 7. The summed E-state index contributed by atoms with van der Waals surface area (Å²) < 4.78 is 5.87. The summed E-state index contributed by atoms with van der Waals surface area (Å²) in [6.07, 6.45) is 0.789. The third-order valence-corrected chi connectivity index (χ3v) is 4.91. The van der Waals surface area contributed by atoms with E-state index in [0.29, 0.717) is 24.3 Å². The molecule has 0 bridgehead atoms. The second-order valence-corrected chi connectivity index (χ2v) is 7.42. The lowest BCUT2D eigenvalue weighted by Crippen LogP contribution is -2.41. The number of ether oxygens (including phenoxy) is 1. The largest absolute Gasteiger partial charge is 0.479 e. The smallest absolute Gasteiger partial charge is 0.261 e. The predicted octanol–water partition coefficient (Wildman–Crippen LogP) is 3.40. The minimum absolute atomic E-state index is 0.0645. The average Bonchev–Trinajstić information content (AvgIpc) is 3.16. The minimum atomic E-state index is -0.703. The number of nitriles is 1. The highest BCUT2D eigenvalue weighted by atomic mass is 16.5. The fourth-order valence-corrected chi connectivity index (χ4v) is 3.30. The van der Waals surface area contributed by atoms with Gasteiger partial charge in [-0.05, 0) is 42.2 Å². The fraction of sp³-hybridized carbons (Fsp3) is 0.348. The monoisotopic (exact) mass is 391 g/mol. The highest BCUT2D eigenvalue weighted by molar-refractivity contribution is 5.95. The van der Waals surface area contributed by atoms with Crippen LogP contribution in [0.3, 0.4) is 0 Å². The maximum atomic E-state index is 12.7. The standard InChI is InChI=1S/C23H25N3O3/c1-16(2)22(29-20-7-4-3-6-18(20)14-24)23(28)25-15-17-9-11-19(12-10-17)26-13-5-8-21(26)27/h3-4,6-7,9-12,16,22H,5,8,13,15H2,1-2H3,(H,25,28). The number of para-hydroxylation sites is 1. The zero-order valence-electron chi connectivity index (χ0n) is 16.7. The third-order valence-electron chi connectivity index (χ3n) is 4.91. The number of amides is 2. The Hall–Kier alpha value is -3.33. The molecule has 1 aliphatic heterocycles. The number of carbonyl (C=O) groups is 2. The first-order valence-corrected chi connectivity index (χ1v) is 9.82. The maximum absolute atomic E-state index is 12.7. The number of hydrogen-bond acceptors (Lipinski definition) is 4. The molecule has 0 spiro atoms. The van der Waals surface area contributed by atoms with Crippen molar-refractivity contribution >= 4 is 17.5 Å². The summed E-state index contributed by atoms with van der Waals surface area (Å²) in [5.41, 5.74) is 2.23. The van der Waals surface area contributed by atoms with Crippen LogP contribution in [0.1, 0.15) is 37.8 Å². The molecule has 1 N–H and O–H groups in total. The molecule has 1 unspecified atom stereocenters. The highest BCUT2D eigenvalue weighted by Crippen LogP contribution is 2.22. The second-order valence-electron chi connectivity index (χ2n) is 7.42. The van der Waals surface area contributed by atoms with Gasteiger partial charge in [-0.15, -0.1) is 0 Å². The van der Waals surface area contributed by atoms with Crippen molar-refractivity contribution in [2.24, 2.45) is 5.92 Å². The van der Waals surface area contributed by atoms with Gasteiger partial charge in [0.25, 0.3) is 5.91 Å². The maximum Gasteiger partial charge on any atom is 0.261 e. The first kappa shape index (κ1) is 20.4. The zero-order valence-corrected chi connectivity index (χ0v) is 16.7. The van der Waals surface area contributed by atoms with Gasteiger partial charge in [0, 0.05) is 25.2 Å². The lowest BCUT2D eigenvalue weighted by atomic mass is 10.1. The molecule has 1 saturated heterocycles. The van der Waals surface area contributed by atoms with Gasteiger partial charge in [-0.1, -0.05) is 38.1 Å². The molecule has 0 aromatic heterocycles. The molecule has 2 amide bonds. The molecule has 0 aliphatic carbocycles. The van der Waals surface area contributed by atoms with Crippen molar-refractivity contribution < 1.29 is 14.3 Å². The number of nitrogens with one attached hydrogen (secondary N) is 1. The second kappa shape index (κ2) is 9.24. The molecule has 150 valence electrons. The fourth-order valence-electron chi connectivity index (χ4n) is 3.30. The van der Waals surface area contributed by atoms with Crippen LogP contribution in [0.15, 0.2) is 48.5 Å². The van der Waals surface area contributed by atoms with Gasteiger partial charge in [-0.2, -0.15) is 5.26 Å². The van der Waals surface area contributed by atoms with Crippen LogP contribution in [0.2, 0.25) is 0 Å². The van der Waals surface area contributed by atoms with Gasteiger partial charge >= 0.3 is 0 Å². The molecule has 2 aromatic rings. The molecule has 1 fully saturated rings. The van der Waals surface area contributed by atoms with E-state index in [1.165, 1.54) is 0 Å². The first-order chi connectivity index (χ1) is 14.0. The van der Waals surface area contributed by atoms with Crippen LogP contribution in [0, 0.1) is 17.2 Å². The molecule has 2 aromatic carbocycles. The molecule has 29 heavy (non-hydrogen) atoms. The van der Waals surface area contributed by atoms with Gasteiger partial charge in [-0.25, -0.2) is 0 Å². The minimum Gasteiger partial charge on any atom is -0.479 e. The lowest BCUT2D eigenvalue weighted by molar-refractivity contribution is -0.130. The Morgan fingerprint density at radius 1 is 1.21 bits per heavy atom. The van der Waals surface area contributed by atoms with Gasteiger partial charge in [0.15, 0.2) is 6.10 Å². The van der Waals surface area contributed by atoms with E-state index in [0.717, 1.165) is 24.2 Å². The SMILES string of the molecule is CC(C)C(Oc1ccccc1C#N)C(=O)NCc1ccc(N2CCCC2=O)cc1. The highest BCUT2D eigenvalue weighted by Gasteiger charge is 2.25. The van der Waals surface area contributed by atoms with E-state index in [-0.39, 0.29) is 17.7 Å². The molecule has 6 nitrogen and oxygen atoms in total. The van der Waals surface area contributed by atoms with Crippen LogP contribution in [-0.4, -0.2) is 24.5 Å². The van der Waals surface area contributed by atoms with E-state index in [2.05, 4.69) is 11.4 Å². The average molecular weight is 391 g/mol. The lowest BCUT2D eigenvalue weighted by Gasteiger charge is -2.22. The van der Waals surface area contributed by atoms with Crippen molar-refractivity contribution in [1.29, 1.82) is 5.26 Å². The van der Waals surface area contributed by atoms with E-state index in [1.54, 1.807) is 29.2 Å². The number of carbonyl (C=O) groups excluding carboxylic acids is 2. The Balaban J connectivity index is 1.62. The molecule has 1 heterocycles. The van der Waals surface area contributed by atoms with Gasteiger partial charge in [0.1, 0.15) is 11.8 Å². The molecule has 3 rings (SSSR count). The van der Waals surface area contributed by atoms with Crippen LogP contribution in [0.25, 0.3) is 0 Å². The van der Waals surface area contributed by atoms with Gasteiger partial charge < -0.3 is 15.0 Å². The molecule has 1 aliphatic rings. The summed E-state index contributed by atoms with van der Waals surface area (Å²) in [4.78, 5) is 26.3. The van der Waals surface area contributed by atoms with E-state index >= 15 is 0 Å². The summed E-state index contributed by atoms with van der Waals surface area (Å²) in [5.74, 6) is 0.265. The van der Waals surface area contributed by atoms with Crippen LogP contribution in [0.4, 0.5) is 5.69 Å². The van der Waals surface area contributed by atoms with E-state index in [9.17, 15) is 14.9 Å². The van der Waals surface area contributed by atoms with Crippen LogP contribution in [0.5, 0.6) is 5.75 Å². The number of hydrogen-bond donors (Lipinski definition) is 1. The first-order valence-electron chi connectivity index (χ1n) is 9.82. The van der Waals surface area contributed by atoms with Gasteiger partial charge in [0.2, 0.25) is 5.91 Å². The third kappa shape index (κ3) is 4.94. The van der Waals surface area contributed by atoms with E-state index in [4.69, 9.17) is 4.74 Å². The van der Waals surface area contributed by atoms with Crippen LogP contribution < -0.4 is 15.0 Å². The summed E-state index contributed by atoms with van der Waals surface area (Å²) in [7, 11) is 0. The summed E-state index contributed by atoms with van der Waals surface area (Å²) in [6.45, 7) is 4.92. The molecule has 0 saturated carbocycles. The molecular weight excluding hydrogens is 366 g/mol. The summed E-state index contributed by atoms with van der Waals surface area (Å²) >= 11 is 0. The Morgan fingerprint density at radius 2 is 1.93 bits per heavy atom. The zero-order chi connectivity index (χ0) is 20.8. The summed E-state index contributed by atoms with van der Waals surface area (Å²) in [5, 5.41) is 12.1. The predicted molar refractivity (Wildman–Crippen MR) is 110 cm³/mol. The van der Waals surface area contributed by atoms with Crippen molar-refractivity contribution in [1.82, 2.24) is 5.32 Å². The quantitative estimate of drug-likeness (QED) is 0.784.